The van der Waals surface area contributed by atoms with Crippen molar-refractivity contribution < 1.29 is 9.18 Å². The van der Waals surface area contributed by atoms with Gasteiger partial charge < -0.3 is 11.1 Å². The highest BCUT2D eigenvalue weighted by Crippen LogP contribution is 2.43. The minimum atomic E-state index is -0.301. The van der Waals surface area contributed by atoms with E-state index in [-0.39, 0.29) is 17.1 Å². The van der Waals surface area contributed by atoms with Gasteiger partial charge in [-0.25, -0.2) is 4.39 Å². The molecule has 4 heteroatoms. The Morgan fingerprint density at radius 3 is 2.72 bits per heavy atom. The van der Waals surface area contributed by atoms with Crippen LogP contribution in [-0.4, -0.2) is 12.5 Å². The number of hydrogen-bond acceptors (Lipinski definition) is 2. The molecule has 18 heavy (non-hydrogen) atoms. The number of benzene rings is 1. The summed E-state index contributed by atoms with van der Waals surface area (Å²) in [6, 6.07) is 4.72. The summed E-state index contributed by atoms with van der Waals surface area (Å²) >= 11 is 0. The van der Waals surface area contributed by atoms with E-state index < -0.39 is 0 Å². The first-order valence-corrected chi connectivity index (χ1v) is 6.31. The van der Waals surface area contributed by atoms with Gasteiger partial charge in [0.15, 0.2) is 0 Å². The van der Waals surface area contributed by atoms with Crippen molar-refractivity contribution in [2.75, 3.05) is 11.9 Å². The summed E-state index contributed by atoms with van der Waals surface area (Å²) in [4.78, 5) is 11.9. The Bertz CT molecular complexity index is 450. The van der Waals surface area contributed by atoms with Gasteiger partial charge in [0.25, 0.3) is 0 Å². The molecule has 1 fully saturated rings. The smallest absolute Gasteiger partial charge is 0.224 e. The zero-order valence-electron chi connectivity index (χ0n) is 10.6. The highest BCUT2D eigenvalue weighted by Gasteiger charge is 2.37. The Morgan fingerprint density at radius 2 is 2.22 bits per heavy atom. The van der Waals surface area contributed by atoms with Crippen LogP contribution < -0.4 is 11.1 Å². The van der Waals surface area contributed by atoms with Crippen molar-refractivity contribution in [3.8, 4) is 0 Å². The third-order valence-corrected chi connectivity index (χ3v) is 3.84. The zero-order valence-corrected chi connectivity index (χ0v) is 10.6. The Morgan fingerprint density at radius 1 is 1.50 bits per heavy atom. The fraction of sp³-hybridized carbons (Fsp3) is 0.500. The van der Waals surface area contributed by atoms with Crippen LogP contribution in [0.3, 0.4) is 0 Å². The molecule has 0 atom stereocenters. The van der Waals surface area contributed by atoms with E-state index in [1.54, 1.807) is 19.1 Å². The van der Waals surface area contributed by atoms with Gasteiger partial charge >= 0.3 is 0 Å². The predicted octanol–water partition coefficient (Wildman–Crippen LogP) is 2.59. The largest absolute Gasteiger partial charge is 0.330 e. The van der Waals surface area contributed by atoms with E-state index in [0.29, 0.717) is 24.2 Å². The molecule has 1 aliphatic carbocycles. The van der Waals surface area contributed by atoms with Crippen LogP contribution in [0, 0.1) is 18.2 Å². The highest BCUT2D eigenvalue weighted by molar-refractivity contribution is 5.91. The van der Waals surface area contributed by atoms with Crippen LogP contribution in [0.25, 0.3) is 0 Å². The fourth-order valence-electron chi connectivity index (χ4n) is 2.35. The monoisotopic (exact) mass is 250 g/mol. The van der Waals surface area contributed by atoms with Gasteiger partial charge in [0.2, 0.25) is 5.91 Å². The van der Waals surface area contributed by atoms with Crippen molar-refractivity contribution >= 4 is 11.6 Å². The van der Waals surface area contributed by atoms with Crippen LogP contribution in [0.15, 0.2) is 18.2 Å². The Balaban J connectivity index is 1.96. The molecule has 1 aliphatic rings. The first-order chi connectivity index (χ1) is 8.54. The summed E-state index contributed by atoms with van der Waals surface area (Å²) in [5, 5.41) is 2.73. The maximum absolute atomic E-state index is 13.3. The summed E-state index contributed by atoms with van der Waals surface area (Å²) < 4.78 is 13.3. The van der Waals surface area contributed by atoms with Crippen LogP contribution in [0.4, 0.5) is 10.1 Å². The predicted molar refractivity (Wildman–Crippen MR) is 69.7 cm³/mol. The zero-order chi connectivity index (χ0) is 13.2. The first-order valence-electron chi connectivity index (χ1n) is 6.31. The Kier molecular flexibility index (Phi) is 3.66. The SMILES string of the molecule is Cc1ccc(NC(=O)CC2(CN)CCC2)cc1F. The quantitative estimate of drug-likeness (QED) is 0.863. The summed E-state index contributed by atoms with van der Waals surface area (Å²) in [6.07, 6.45) is 3.60. The molecule has 0 aliphatic heterocycles. The van der Waals surface area contributed by atoms with Gasteiger partial charge in [-0.1, -0.05) is 12.5 Å². The average Bonchev–Trinajstić information content (AvgIpc) is 2.29. The summed E-state index contributed by atoms with van der Waals surface area (Å²) in [5.74, 6) is -0.381. The number of aryl methyl sites for hydroxylation is 1. The van der Waals surface area contributed by atoms with Gasteiger partial charge in [-0.3, -0.25) is 4.79 Å². The van der Waals surface area contributed by atoms with Crippen molar-refractivity contribution in [2.24, 2.45) is 11.1 Å². The van der Waals surface area contributed by atoms with Crippen LogP contribution in [0.5, 0.6) is 0 Å². The van der Waals surface area contributed by atoms with Crippen LogP contribution in [-0.2, 0) is 4.79 Å². The standard InChI is InChI=1S/C14H19FN2O/c1-10-3-4-11(7-12(10)15)17-13(18)8-14(9-16)5-2-6-14/h3-4,7H,2,5-6,8-9,16H2,1H3,(H,17,18). The lowest BCUT2D eigenvalue weighted by atomic mass is 9.66. The van der Waals surface area contributed by atoms with E-state index in [1.807, 2.05) is 0 Å². The maximum atomic E-state index is 13.3. The van der Waals surface area contributed by atoms with E-state index in [0.717, 1.165) is 19.3 Å². The van der Waals surface area contributed by atoms with Gasteiger partial charge in [-0.2, -0.15) is 0 Å². The number of nitrogens with one attached hydrogen (secondary N) is 1. The van der Waals surface area contributed by atoms with E-state index >= 15 is 0 Å². The lowest BCUT2D eigenvalue weighted by Crippen LogP contribution is -2.40. The molecule has 1 aromatic rings. The van der Waals surface area contributed by atoms with Gasteiger partial charge in [0.05, 0.1) is 0 Å². The number of halogens is 1. The second-order valence-corrected chi connectivity index (χ2v) is 5.25. The number of rotatable bonds is 4. The molecular weight excluding hydrogens is 231 g/mol. The van der Waals surface area contributed by atoms with Crippen molar-refractivity contribution in [1.82, 2.24) is 0 Å². The van der Waals surface area contributed by atoms with E-state index in [9.17, 15) is 9.18 Å². The Labute approximate surface area is 107 Å². The molecule has 0 aromatic heterocycles. The van der Waals surface area contributed by atoms with Crippen molar-refractivity contribution in [3.63, 3.8) is 0 Å². The fourth-order valence-corrected chi connectivity index (χ4v) is 2.35. The molecule has 98 valence electrons. The van der Waals surface area contributed by atoms with E-state index in [4.69, 9.17) is 5.73 Å². The topological polar surface area (TPSA) is 55.1 Å². The van der Waals surface area contributed by atoms with Crippen LogP contribution >= 0.6 is 0 Å². The number of carbonyl (C=O) groups excluding carboxylic acids is 1. The lowest BCUT2D eigenvalue weighted by Gasteiger charge is -2.40. The van der Waals surface area contributed by atoms with Gasteiger partial charge in [0, 0.05) is 12.1 Å². The van der Waals surface area contributed by atoms with Crippen molar-refractivity contribution in [1.29, 1.82) is 0 Å². The first kappa shape index (κ1) is 13.0. The number of anilines is 1. The van der Waals surface area contributed by atoms with Crippen molar-refractivity contribution in [2.45, 2.75) is 32.6 Å². The minimum absolute atomic E-state index is 0.0205. The molecule has 3 nitrogen and oxygen atoms in total. The Hall–Kier alpha value is -1.42. The summed E-state index contributed by atoms with van der Waals surface area (Å²) in [6.45, 7) is 2.24. The third-order valence-electron chi connectivity index (χ3n) is 3.84. The molecular formula is C14H19FN2O. The molecule has 1 aromatic carbocycles. The van der Waals surface area contributed by atoms with Crippen LogP contribution in [0.1, 0.15) is 31.2 Å². The molecule has 0 spiro atoms. The van der Waals surface area contributed by atoms with Gasteiger partial charge in [-0.15, -0.1) is 0 Å². The maximum Gasteiger partial charge on any atom is 0.224 e. The number of amides is 1. The normalized spacial score (nSPS) is 17.1. The molecule has 0 bridgehead atoms. The van der Waals surface area contributed by atoms with Crippen LogP contribution in [0.2, 0.25) is 0 Å². The van der Waals surface area contributed by atoms with Gasteiger partial charge in [-0.05, 0) is 49.4 Å². The number of hydrogen-bond donors (Lipinski definition) is 2. The van der Waals surface area contributed by atoms with Crippen molar-refractivity contribution in [3.05, 3.63) is 29.6 Å². The number of nitrogens with two attached hydrogens (primary N) is 1. The molecule has 1 amide bonds. The molecule has 0 heterocycles. The summed E-state index contributed by atoms with van der Waals surface area (Å²) in [7, 11) is 0. The third kappa shape index (κ3) is 2.70. The molecule has 3 N–H and O–H groups in total. The highest BCUT2D eigenvalue weighted by atomic mass is 19.1. The molecule has 0 radical (unpaired) electrons. The molecule has 0 unspecified atom stereocenters. The molecule has 0 saturated heterocycles. The molecule has 1 saturated carbocycles. The number of carbonyl (C=O) groups is 1. The average molecular weight is 250 g/mol. The molecule has 2 rings (SSSR count). The van der Waals surface area contributed by atoms with E-state index in [1.165, 1.54) is 6.07 Å². The van der Waals surface area contributed by atoms with Gasteiger partial charge in [0.1, 0.15) is 5.82 Å². The second kappa shape index (κ2) is 5.06. The summed E-state index contributed by atoms with van der Waals surface area (Å²) in [5.41, 5.74) is 6.78. The second-order valence-electron chi connectivity index (χ2n) is 5.25. The minimum Gasteiger partial charge on any atom is -0.330 e. The van der Waals surface area contributed by atoms with E-state index in [2.05, 4.69) is 5.32 Å². The lowest BCUT2D eigenvalue weighted by molar-refractivity contribution is -0.119.